The highest BCUT2D eigenvalue weighted by Crippen LogP contribution is 2.42. The topological polar surface area (TPSA) is 18.5 Å². The molecule has 0 radical (unpaired) electrons. The second-order valence-electron chi connectivity index (χ2n) is 6.85. The summed E-state index contributed by atoms with van der Waals surface area (Å²) in [6, 6.07) is 8.20. The molecule has 3 heteroatoms. The van der Waals surface area contributed by atoms with Crippen molar-refractivity contribution in [3.05, 3.63) is 42.5 Å². The van der Waals surface area contributed by atoms with Gasteiger partial charge >= 0.3 is 0 Å². The quantitative estimate of drug-likeness (QED) is 0.414. The minimum atomic E-state index is -1.79. The van der Waals surface area contributed by atoms with E-state index in [2.05, 4.69) is 60.3 Å². The van der Waals surface area contributed by atoms with Gasteiger partial charge in [-0.25, -0.2) is 0 Å². The van der Waals surface area contributed by atoms with E-state index in [4.69, 9.17) is 9.16 Å². The van der Waals surface area contributed by atoms with Crippen molar-refractivity contribution in [3.63, 3.8) is 0 Å². The maximum Gasteiger partial charge on any atom is 0.200 e. The molecule has 1 rings (SSSR count). The Labute approximate surface area is 137 Å². The van der Waals surface area contributed by atoms with Crippen LogP contribution in [0.1, 0.15) is 47.1 Å². The molecule has 0 aliphatic rings. The summed E-state index contributed by atoms with van der Waals surface area (Å²) in [5.74, 6) is 0.878. The molecule has 1 aromatic rings. The monoisotopic (exact) mass is 320 g/mol. The van der Waals surface area contributed by atoms with Crippen molar-refractivity contribution >= 4 is 8.32 Å². The van der Waals surface area contributed by atoms with E-state index in [-0.39, 0.29) is 0 Å². The zero-order valence-corrected chi connectivity index (χ0v) is 16.1. The summed E-state index contributed by atoms with van der Waals surface area (Å²) < 4.78 is 12.1. The number of rotatable bonds is 9. The molecule has 0 aliphatic heterocycles. The van der Waals surface area contributed by atoms with Crippen molar-refractivity contribution in [1.82, 2.24) is 0 Å². The third kappa shape index (κ3) is 4.47. The normalized spacial score (nSPS) is 12.2. The minimum absolute atomic E-state index is 0.542. The molecule has 0 saturated heterocycles. The van der Waals surface area contributed by atoms with Crippen LogP contribution < -0.4 is 4.74 Å². The maximum atomic E-state index is 6.60. The van der Waals surface area contributed by atoms with Gasteiger partial charge in [0.05, 0.1) is 6.61 Å². The molecular formula is C19H32O2Si. The van der Waals surface area contributed by atoms with E-state index in [1.165, 1.54) is 5.56 Å². The fourth-order valence-electron chi connectivity index (χ4n) is 3.55. The van der Waals surface area contributed by atoms with Crippen molar-refractivity contribution in [2.24, 2.45) is 0 Å². The molecule has 0 spiro atoms. The van der Waals surface area contributed by atoms with Crippen LogP contribution in [0.4, 0.5) is 0 Å². The van der Waals surface area contributed by atoms with Gasteiger partial charge in [0.2, 0.25) is 8.32 Å². The Hall–Kier alpha value is -1.06. The molecular weight excluding hydrogens is 288 g/mol. The van der Waals surface area contributed by atoms with Crippen LogP contribution in [0, 0.1) is 0 Å². The third-order valence-corrected chi connectivity index (χ3v) is 10.5. The van der Waals surface area contributed by atoms with Gasteiger partial charge in [0.25, 0.3) is 0 Å². The molecule has 0 amide bonds. The van der Waals surface area contributed by atoms with Crippen LogP contribution in [0.3, 0.4) is 0 Å². The predicted octanol–water partition coefficient (Wildman–Crippen LogP) is 5.94. The molecule has 0 aromatic heterocycles. The molecule has 0 bridgehead atoms. The maximum absolute atomic E-state index is 6.60. The molecule has 0 atom stereocenters. The van der Waals surface area contributed by atoms with Gasteiger partial charge in [-0.3, -0.25) is 0 Å². The minimum Gasteiger partial charge on any atom is -0.490 e. The van der Waals surface area contributed by atoms with Crippen molar-refractivity contribution in [1.29, 1.82) is 0 Å². The summed E-state index contributed by atoms with van der Waals surface area (Å²) in [5.41, 5.74) is 3.05. The van der Waals surface area contributed by atoms with Gasteiger partial charge in [-0.05, 0) is 34.3 Å². The Balaban J connectivity index is 2.78. The largest absolute Gasteiger partial charge is 0.490 e. The number of benzene rings is 1. The molecule has 124 valence electrons. The fourth-order valence-corrected chi connectivity index (χ4v) is 8.96. The highest BCUT2D eigenvalue weighted by Gasteiger charge is 2.44. The van der Waals surface area contributed by atoms with E-state index in [1.54, 1.807) is 6.08 Å². The Kier molecular flexibility index (Phi) is 7.37. The lowest BCUT2D eigenvalue weighted by Gasteiger charge is -2.42. The SMILES string of the molecule is C=CCOc1ccc(CO[Si](C(C)C)(C(C)C)C(C)C)cc1. The number of hydrogen-bond acceptors (Lipinski definition) is 2. The average molecular weight is 321 g/mol. The van der Waals surface area contributed by atoms with Crippen LogP contribution in [0.15, 0.2) is 36.9 Å². The van der Waals surface area contributed by atoms with Crippen LogP contribution in [-0.2, 0) is 11.0 Å². The highest BCUT2D eigenvalue weighted by atomic mass is 28.4. The van der Waals surface area contributed by atoms with E-state index >= 15 is 0 Å². The fraction of sp³-hybridized carbons (Fsp3) is 0.579. The average Bonchev–Trinajstić information content (AvgIpc) is 2.45. The van der Waals surface area contributed by atoms with E-state index in [0.717, 1.165) is 5.75 Å². The third-order valence-electron chi connectivity index (χ3n) is 4.49. The zero-order chi connectivity index (χ0) is 16.8. The standard InChI is InChI=1S/C19H32O2Si/c1-8-13-20-19-11-9-18(10-12-19)14-21-22(15(2)3,16(4)5)17(6)7/h8-12,15-17H,1,13-14H2,2-7H3. The summed E-state index contributed by atoms with van der Waals surface area (Å²) in [7, 11) is -1.79. The second-order valence-corrected chi connectivity index (χ2v) is 12.3. The Morgan fingerprint density at radius 1 is 0.955 bits per heavy atom. The van der Waals surface area contributed by atoms with E-state index in [0.29, 0.717) is 29.8 Å². The molecule has 2 nitrogen and oxygen atoms in total. The Bertz CT molecular complexity index is 427. The second kappa shape index (κ2) is 8.54. The van der Waals surface area contributed by atoms with Gasteiger partial charge in [0.15, 0.2) is 0 Å². The van der Waals surface area contributed by atoms with Gasteiger partial charge in [0.1, 0.15) is 12.4 Å². The first kappa shape index (κ1) is 19.0. The van der Waals surface area contributed by atoms with E-state index < -0.39 is 8.32 Å². The molecule has 0 saturated carbocycles. The predicted molar refractivity (Wildman–Crippen MR) is 98.0 cm³/mol. The first-order valence-corrected chi connectivity index (χ1v) is 10.4. The first-order valence-electron chi connectivity index (χ1n) is 8.31. The van der Waals surface area contributed by atoms with Gasteiger partial charge in [-0.2, -0.15) is 0 Å². The van der Waals surface area contributed by atoms with E-state index in [1.807, 2.05) is 12.1 Å². The van der Waals surface area contributed by atoms with Crippen molar-refractivity contribution < 1.29 is 9.16 Å². The van der Waals surface area contributed by atoms with Crippen molar-refractivity contribution in [2.45, 2.75) is 64.8 Å². The molecule has 0 N–H and O–H groups in total. The number of ether oxygens (including phenoxy) is 1. The van der Waals surface area contributed by atoms with E-state index in [9.17, 15) is 0 Å². The van der Waals surface area contributed by atoms with Gasteiger partial charge in [0, 0.05) is 0 Å². The molecule has 0 fully saturated rings. The summed E-state index contributed by atoms with van der Waals surface area (Å²) in [5, 5.41) is 0. The van der Waals surface area contributed by atoms with Gasteiger partial charge < -0.3 is 9.16 Å². The van der Waals surface area contributed by atoms with Crippen LogP contribution in [0.5, 0.6) is 5.75 Å². The van der Waals surface area contributed by atoms with Crippen molar-refractivity contribution in [2.75, 3.05) is 6.61 Å². The van der Waals surface area contributed by atoms with Crippen LogP contribution in [0.25, 0.3) is 0 Å². The Morgan fingerprint density at radius 3 is 1.86 bits per heavy atom. The highest BCUT2D eigenvalue weighted by molar-refractivity contribution is 6.77. The zero-order valence-electron chi connectivity index (χ0n) is 15.1. The lowest BCUT2D eigenvalue weighted by Crippen LogP contribution is -2.47. The Morgan fingerprint density at radius 2 is 1.45 bits per heavy atom. The summed E-state index contributed by atoms with van der Waals surface area (Å²) in [4.78, 5) is 0. The van der Waals surface area contributed by atoms with Gasteiger partial charge in [-0.1, -0.05) is 66.3 Å². The van der Waals surface area contributed by atoms with Crippen LogP contribution in [0.2, 0.25) is 16.6 Å². The van der Waals surface area contributed by atoms with Crippen molar-refractivity contribution in [3.8, 4) is 5.75 Å². The summed E-state index contributed by atoms with van der Waals surface area (Å²) in [6.07, 6.45) is 1.75. The number of hydrogen-bond donors (Lipinski definition) is 0. The summed E-state index contributed by atoms with van der Waals surface area (Å²) in [6.45, 7) is 18.8. The lowest BCUT2D eigenvalue weighted by atomic mass is 10.2. The molecule has 1 aromatic carbocycles. The summed E-state index contributed by atoms with van der Waals surface area (Å²) >= 11 is 0. The first-order chi connectivity index (χ1) is 10.3. The van der Waals surface area contributed by atoms with Crippen LogP contribution in [-0.4, -0.2) is 14.9 Å². The molecule has 22 heavy (non-hydrogen) atoms. The van der Waals surface area contributed by atoms with Gasteiger partial charge in [-0.15, -0.1) is 0 Å². The van der Waals surface area contributed by atoms with Crippen LogP contribution >= 0.6 is 0 Å². The molecule has 0 aliphatic carbocycles. The smallest absolute Gasteiger partial charge is 0.200 e. The molecule has 0 heterocycles. The molecule has 0 unspecified atom stereocenters. The lowest BCUT2D eigenvalue weighted by molar-refractivity contribution is 0.265.